The number of non-ortho nitro benzene ring substituents is 1. The van der Waals surface area contributed by atoms with Gasteiger partial charge in [-0.3, -0.25) is 19.5 Å². The van der Waals surface area contributed by atoms with Gasteiger partial charge >= 0.3 is 0 Å². The fraction of sp³-hybridized carbons (Fsp3) is 0.130. The summed E-state index contributed by atoms with van der Waals surface area (Å²) in [4.78, 5) is 28.7. The molecule has 0 atom stereocenters. The van der Waals surface area contributed by atoms with Crippen molar-refractivity contribution in [3.8, 4) is 5.75 Å². The molecule has 4 aromatic rings. The maximum atomic E-state index is 13.2. The van der Waals surface area contributed by atoms with Crippen LogP contribution in [0.3, 0.4) is 0 Å². The summed E-state index contributed by atoms with van der Waals surface area (Å²) in [5.74, 6) is 0.917. The molecule has 0 N–H and O–H groups in total. The molecule has 0 aliphatic carbocycles. The lowest BCUT2D eigenvalue weighted by Crippen LogP contribution is -2.24. The van der Waals surface area contributed by atoms with Crippen molar-refractivity contribution in [1.29, 1.82) is 0 Å². The largest absolute Gasteiger partial charge is 0.496 e. The van der Waals surface area contributed by atoms with Gasteiger partial charge in [-0.05, 0) is 23.8 Å². The number of fused-ring (bicyclic) bond motifs is 1. The minimum absolute atomic E-state index is 0.00968. The van der Waals surface area contributed by atoms with Crippen LogP contribution in [0, 0.1) is 10.1 Å². The van der Waals surface area contributed by atoms with Crippen LogP contribution in [0.2, 0.25) is 0 Å². The molecule has 8 heteroatoms. The topological polar surface area (TPSA) is 87.3 Å². The van der Waals surface area contributed by atoms with Gasteiger partial charge in [0, 0.05) is 23.4 Å². The molecular formula is C23H19N3O4S. The highest BCUT2D eigenvalue weighted by atomic mass is 32.2. The Bertz CT molecular complexity index is 1310. The second kappa shape index (κ2) is 9.01. The van der Waals surface area contributed by atoms with Gasteiger partial charge in [-0.25, -0.2) is 4.98 Å². The predicted octanol–water partition coefficient (Wildman–Crippen LogP) is 4.65. The van der Waals surface area contributed by atoms with Crippen LogP contribution in [0.5, 0.6) is 5.75 Å². The van der Waals surface area contributed by atoms with E-state index in [9.17, 15) is 14.9 Å². The average Bonchev–Trinajstić information content (AvgIpc) is 2.80. The third-order valence-electron chi connectivity index (χ3n) is 4.84. The quantitative estimate of drug-likeness (QED) is 0.182. The van der Waals surface area contributed by atoms with Crippen LogP contribution in [0.4, 0.5) is 5.69 Å². The first kappa shape index (κ1) is 20.6. The molecule has 0 fully saturated rings. The van der Waals surface area contributed by atoms with Gasteiger partial charge in [0.15, 0.2) is 5.16 Å². The summed E-state index contributed by atoms with van der Waals surface area (Å²) in [5, 5.41) is 12.3. The highest BCUT2D eigenvalue weighted by molar-refractivity contribution is 7.98. The molecule has 0 saturated carbocycles. The maximum absolute atomic E-state index is 13.2. The lowest BCUT2D eigenvalue weighted by Gasteiger charge is -2.14. The Morgan fingerprint density at radius 2 is 1.81 bits per heavy atom. The fourth-order valence-corrected chi connectivity index (χ4v) is 4.27. The molecule has 0 radical (unpaired) electrons. The second-order valence-corrected chi connectivity index (χ2v) is 7.77. The minimum Gasteiger partial charge on any atom is -0.496 e. The summed E-state index contributed by atoms with van der Waals surface area (Å²) in [5.41, 5.74) is 2.13. The minimum atomic E-state index is -0.437. The number of hydrogen-bond donors (Lipinski definition) is 0. The highest BCUT2D eigenvalue weighted by Crippen LogP contribution is 2.30. The third kappa shape index (κ3) is 4.44. The van der Waals surface area contributed by atoms with Crippen LogP contribution >= 0.6 is 11.8 Å². The number of nitro benzene ring substituents is 1. The van der Waals surface area contributed by atoms with Gasteiger partial charge in [-0.1, -0.05) is 54.2 Å². The van der Waals surface area contributed by atoms with Gasteiger partial charge in [-0.15, -0.1) is 0 Å². The van der Waals surface area contributed by atoms with Gasteiger partial charge in [-0.2, -0.15) is 0 Å². The molecule has 156 valence electrons. The SMILES string of the molecule is COc1ccc([N+](=O)[O-])cc1CSc1nc2ccccc2c(=O)n1Cc1ccccc1. The molecule has 0 unspecified atom stereocenters. The van der Waals surface area contributed by atoms with Crippen molar-refractivity contribution in [2.45, 2.75) is 17.5 Å². The summed E-state index contributed by atoms with van der Waals surface area (Å²) in [6.45, 7) is 0.381. The molecule has 0 spiro atoms. The van der Waals surface area contributed by atoms with E-state index in [-0.39, 0.29) is 11.2 Å². The first-order valence-corrected chi connectivity index (χ1v) is 10.5. The van der Waals surface area contributed by atoms with Crippen LogP contribution < -0.4 is 10.3 Å². The monoisotopic (exact) mass is 433 g/mol. The molecular weight excluding hydrogens is 414 g/mol. The zero-order valence-electron chi connectivity index (χ0n) is 16.7. The Morgan fingerprint density at radius 1 is 1.06 bits per heavy atom. The molecule has 4 rings (SSSR count). The summed E-state index contributed by atoms with van der Waals surface area (Å²) >= 11 is 1.35. The number of hydrogen-bond acceptors (Lipinski definition) is 6. The lowest BCUT2D eigenvalue weighted by molar-refractivity contribution is -0.384. The van der Waals surface area contributed by atoms with E-state index < -0.39 is 4.92 Å². The van der Waals surface area contributed by atoms with E-state index in [4.69, 9.17) is 9.72 Å². The first-order valence-electron chi connectivity index (χ1n) is 9.54. The Labute approximate surface area is 182 Å². The number of rotatable bonds is 7. The fourth-order valence-electron chi connectivity index (χ4n) is 3.30. The maximum Gasteiger partial charge on any atom is 0.270 e. The number of nitrogens with zero attached hydrogens (tertiary/aromatic N) is 3. The standard InChI is InChI=1S/C23H19N3O4S/c1-30-21-12-11-18(26(28)29)13-17(21)15-31-23-24-20-10-6-5-9-19(20)22(27)25(23)14-16-7-3-2-4-8-16/h2-13H,14-15H2,1H3. The second-order valence-electron chi connectivity index (χ2n) is 6.83. The number of para-hydroxylation sites is 1. The Hall–Kier alpha value is -3.65. The van der Waals surface area contributed by atoms with Crippen molar-refractivity contribution in [3.05, 3.63) is 104 Å². The van der Waals surface area contributed by atoms with E-state index in [0.717, 1.165) is 5.56 Å². The van der Waals surface area contributed by atoms with E-state index in [2.05, 4.69) is 0 Å². The van der Waals surface area contributed by atoms with Gasteiger partial charge in [0.05, 0.1) is 29.5 Å². The average molecular weight is 433 g/mol. The number of aromatic nitrogens is 2. The molecule has 0 aliphatic heterocycles. The normalized spacial score (nSPS) is 10.9. The van der Waals surface area contributed by atoms with Gasteiger partial charge in [0.1, 0.15) is 5.75 Å². The van der Waals surface area contributed by atoms with Crippen molar-refractivity contribution in [3.63, 3.8) is 0 Å². The molecule has 1 heterocycles. The first-order chi connectivity index (χ1) is 15.1. The Kier molecular flexibility index (Phi) is 5.99. The van der Waals surface area contributed by atoms with E-state index in [1.165, 1.54) is 31.0 Å². The van der Waals surface area contributed by atoms with Crippen molar-refractivity contribution in [2.24, 2.45) is 0 Å². The van der Waals surface area contributed by atoms with Crippen molar-refractivity contribution in [2.75, 3.05) is 7.11 Å². The molecule has 0 saturated heterocycles. The van der Waals surface area contributed by atoms with Crippen LogP contribution in [0.15, 0.2) is 82.7 Å². The van der Waals surface area contributed by atoms with E-state index >= 15 is 0 Å². The summed E-state index contributed by atoms with van der Waals surface area (Å²) in [7, 11) is 1.52. The van der Waals surface area contributed by atoms with Gasteiger partial charge < -0.3 is 4.74 Å². The zero-order valence-corrected chi connectivity index (χ0v) is 17.5. The van der Waals surface area contributed by atoms with Crippen LogP contribution in [-0.2, 0) is 12.3 Å². The molecule has 1 aromatic heterocycles. The van der Waals surface area contributed by atoms with Crippen LogP contribution in [-0.4, -0.2) is 21.6 Å². The number of methoxy groups -OCH3 is 1. The Morgan fingerprint density at radius 3 is 2.55 bits per heavy atom. The summed E-state index contributed by atoms with van der Waals surface area (Å²) < 4.78 is 7.01. The third-order valence-corrected chi connectivity index (χ3v) is 5.87. The molecule has 7 nitrogen and oxygen atoms in total. The number of ether oxygens (including phenoxy) is 1. The number of nitro groups is 1. The summed E-state index contributed by atoms with van der Waals surface area (Å²) in [6, 6.07) is 21.4. The molecule has 0 aliphatic rings. The highest BCUT2D eigenvalue weighted by Gasteiger charge is 2.15. The van der Waals surface area contributed by atoms with Gasteiger partial charge in [0.25, 0.3) is 11.2 Å². The Balaban J connectivity index is 1.75. The van der Waals surface area contributed by atoms with E-state index in [1.54, 1.807) is 16.7 Å². The lowest BCUT2D eigenvalue weighted by atomic mass is 10.2. The van der Waals surface area contributed by atoms with Crippen LogP contribution in [0.25, 0.3) is 10.9 Å². The van der Waals surface area contributed by atoms with E-state index in [1.807, 2.05) is 48.5 Å². The van der Waals surface area contributed by atoms with Gasteiger partial charge in [0.2, 0.25) is 0 Å². The molecule has 3 aromatic carbocycles. The van der Waals surface area contributed by atoms with Crippen LogP contribution in [0.1, 0.15) is 11.1 Å². The number of thioether (sulfide) groups is 1. The van der Waals surface area contributed by atoms with Crippen molar-refractivity contribution >= 4 is 28.4 Å². The predicted molar refractivity (Wildman–Crippen MR) is 121 cm³/mol. The smallest absolute Gasteiger partial charge is 0.270 e. The molecule has 0 bridgehead atoms. The zero-order chi connectivity index (χ0) is 21.8. The van der Waals surface area contributed by atoms with E-state index in [0.29, 0.717) is 39.7 Å². The molecule has 31 heavy (non-hydrogen) atoms. The molecule has 0 amide bonds. The van der Waals surface area contributed by atoms with Crippen molar-refractivity contribution < 1.29 is 9.66 Å². The summed E-state index contributed by atoms with van der Waals surface area (Å²) in [6.07, 6.45) is 0. The number of benzene rings is 3. The van der Waals surface area contributed by atoms with Crippen molar-refractivity contribution in [1.82, 2.24) is 9.55 Å².